The lowest BCUT2D eigenvalue weighted by Gasteiger charge is -2.33. The number of pyridine rings is 2. The fraction of sp³-hybridized carbons (Fsp3) is 0.583. The van der Waals surface area contributed by atoms with Crippen LogP contribution in [0.3, 0.4) is 0 Å². The van der Waals surface area contributed by atoms with E-state index in [2.05, 4.69) is 42.4 Å². The number of rotatable bonds is 5. The van der Waals surface area contributed by atoms with E-state index in [9.17, 15) is 10.0 Å². The highest BCUT2D eigenvalue weighted by molar-refractivity contribution is 14.1. The van der Waals surface area contributed by atoms with E-state index in [0.717, 1.165) is 60.9 Å². The van der Waals surface area contributed by atoms with E-state index in [1.165, 1.54) is 0 Å². The van der Waals surface area contributed by atoms with Gasteiger partial charge < -0.3 is 38.8 Å². The van der Waals surface area contributed by atoms with Crippen LogP contribution in [0.4, 0.5) is 11.6 Å². The van der Waals surface area contributed by atoms with Crippen molar-refractivity contribution in [3.05, 3.63) is 28.1 Å². The molecule has 4 aliphatic rings. The molecular weight excluding hydrogens is 578 g/mol. The summed E-state index contributed by atoms with van der Waals surface area (Å²) >= 11 is 2.30. The molecule has 6 heterocycles. The second-order valence-electron chi connectivity index (χ2n) is 9.72. The highest BCUT2D eigenvalue weighted by Crippen LogP contribution is 2.40. The largest absolute Gasteiger partial charge is 0.492 e. The van der Waals surface area contributed by atoms with Gasteiger partial charge in [-0.3, -0.25) is 0 Å². The number of nitrogens with zero attached hydrogens (tertiary/aromatic N) is 4. The summed E-state index contributed by atoms with van der Waals surface area (Å²) in [5.41, 5.74) is 0.374. The first-order chi connectivity index (χ1) is 17.5. The summed E-state index contributed by atoms with van der Waals surface area (Å²) in [5, 5.41) is 18.7. The maximum absolute atomic E-state index is 9.37. The number of hydrogen-bond donors (Lipinski definition) is 2. The number of fused-ring (bicyclic) bond motifs is 6. The maximum atomic E-state index is 9.37. The first kappa shape index (κ1) is 25.8. The topological polar surface area (TPSA) is 110 Å². The van der Waals surface area contributed by atoms with Crippen LogP contribution < -0.4 is 24.7 Å². The fourth-order valence-electron chi connectivity index (χ4n) is 5.69. The first-order valence-corrected chi connectivity index (χ1v) is 13.3. The van der Waals surface area contributed by atoms with Gasteiger partial charge in [-0.2, -0.15) is 0 Å². The average Bonchev–Trinajstić information content (AvgIpc) is 3.48. The van der Waals surface area contributed by atoms with Crippen molar-refractivity contribution >= 4 is 46.8 Å². The quantitative estimate of drug-likeness (QED) is 0.375. The van der Waals surface area contributed by atoms with Gasteiger partial charge in [0.2, 0.25) is 0 Å². The zero-order chi connectivity index (χ0) is 25.2. The van der Waals surface area contributed by atoms with Crippen LogP contribution >= 0.6 is 22.6 Å². The van der Waals surface area contributed by atoms with Crippen LogP contribution in [0.15, 0.2) is 24.5 Å². The van der Waals surface area contributed by atoms with Crippen LogP contribution in [0.2, 0.25) is 0 Å². The van der Waals surface area contributed by atoms with Gasteiger partial charge in [0.15, 0.2) is 23.1 Å². The lowest BCUT2D eigenvalue weighted by molar-refractivity contribution is 0.157. The van der Waals surface area contributed by atoms with E-state index in [4.69, 9.17) is 18.9 Å². The molecule has 4 aliphatic heterocycles. The number of aromatic nitrogens is 2. The second-order valence-corrected chi connectivity index (χ2v) is 10.9. The van der Waals surface area contributed by atoms with E-state index in [-0.39, 0.29) is 0 Å². The van der Waals surface area contributed by atoms with Gasteiger partial charge in [0.25, 0.3) is 0 Å². The Hall–Kier alpha value is -1.87. The van der Waals surface area contributed by atoms with Crippen LogP contribution in [-0.2, 0) is 9.47 Å². The van der Waals surface area contributed by atoms with E-state index < -0.39 is 7.12 Å². The monoisotopic (exact) mass is 610 g/mol. The summed E-state index contributed by atoms with van der Waals surface area (Å²) in [6, 6.07) is 4.33. The number of hydrogen-bond acceptors (Lipinski definition) is 10. The molecule has 0 spiro atoms. The lowest BCUT2D eigenvalue weighted by atomic mass is 9.80. The van der Waals surface area contributed by atoms with Gasteiger partial charge in [-0.1, -0.05) is 0 Å². The molecule has 0 amide bonds. The molecule has 2 N–H and O–H groups in total. The van der Waals surface area contributed by atoms with Gasteiger partial charge in [0.05, 0.1) is 28.9 Å². The van der Waals surface area contributed by atoms with Crippen molar-refractivity contribution in [1.82, 2.24) is 9.97 Å². The van der Waals surface area contributed by atoms with Crippen LogP contribution in [0, 0.1) is 15.4 Å². The molecule has 12 heteroatoms. The van der Waals surface area contributed by atoms with Crippen molar-refractivity contribution in [3.63, 3.8) is 0 Å². The molecular formula is C24H32BIN4O6. The molecule has 2 saturated heterocycles. The third kappa shape index (κ3) is 5.10. The molecule has 10 nitrogen and oxygen atoms in total. The highest BCUT2D eigenvalue weighted by Gasteiger charge is 2.40. The Balaban J connectivity index is 0.000000149. The minimum atomic E-state index is -1.54. The first-order valence-electron chi connectivity index (χ1n) is 12.3. The number of anilines is 2. The summed E-state index contributed by atoms with van der Waals surface area (Å²) < 4.78 is 23.1. The molecule has 0 radical (unpaired) electrons. The Morgan fingerprint density at radius 2 is 1.44 bits per heavy atom. The zero-order valence-corrected chi connectivity index (χ0v) is 22.7. The van der Waals surface area contributed by atoms with Gasteiger partial charge in [-0.15, -0.1) is 0 Å². The van der Waals surface area contributed by atoms with Crippen LogP contribution in [0.5, 0.6) is 11.5 Å². The molecule has 0 unspecified atom stereocenters. The summed E-state index contributed by atoms with van der Waals surface area (Å²) in [5.74, 6) is 4.22. The molecule has 4 atom stereocenters. The molecule has 0 saturated carbocycles. The smallest absolute Gasteiger partial charge is 0.488 e. The van der Waals surface area contributed by atoms with Crippen molar-refractivity contribution in [3.8, 4) is 11.5 Å². The molecule has 36 heavy (non-hydrogen) atoms. The summed E-state index contributed by atoms with van der Waals surface area (Å²) in [6.45, 7) is 4.78. The molecule has 2 aromatic rings. The number of halogens is 1. The Morgan fingerprint density at radius 1 is 0.917 bits per heavy atom. The average molecular weight is 610 g/mol. The van der Waals surface area contributed by atoms with Crippen molar-refractivity contribution in [2.24, 2.45) is 11.8 Å². The zero-order valence-electron chi connectivity index (χ0n) is 20.5. The number of methoxy groups -OCH3 is 2. The van der Waals surface area contributed by atoms with E-state index in [1.54, 1.807) is 26.5 Å². The summed E-state index contributed by atoms with van der Waals surface area (Å²) in [6.07, 6.45) is 5.60. The Bertz CT molecular complexity index is 1070. The SMILES string of the molecule is COC[C@H]1C[C@H]2COc3c(B(O)O)ccnc3N2C1.COC[C@H]1C[C@H]2COc3c(I)ccnc3N2C1. The van der Waals surface area contributed by atoms with Crippen LogP contribution in [-0.4, -0.2) is 93.0 Å². The number of ether oxygens (including phenoxy) is 4. The van der Waals surface area contributed by atoms with Crippen LogP contribution in [0.1, 0.15) is 12.8 Å². The molecule has 0 aromatic carbocycles. The Kier molecular flexibility index (Phi) is 8.06. The third-order valence-corrected chi connectivity index (χ3v) is 8.07. The molecule has 0 bridgehead atoms. The van der Waals surface area contributed by atoms with Crippen molar-refractivity contribution in [2.45, 2.75) is 24.9 Å². The molecule has 6 rings (SSSR count). The van der Waals surface area contributed by atoms with Gasteiger partial charge in [-0.25, -0.2) is 9.97 Å². The van der Waals surface area contributed by atoms with Gasteiger partial charge in [0.1, 0.15) is 13.2 Å². The summed E-state index contributed by atoms with van der Waals surface area (Å²) in [4.78, 5) is 13.4. The maximum Gasteiger partial charge on any atom is 0.492 e. The Morgan fingerprint density at radius 3 is 2.00 bits per heavy atom. The second kappa shape index (κ2) is 11.3. The molecule has 0 aliphatic carbocycles. The Labute approximate surface area is 225 Å². The molecule has 2 aromatic heterocycles. The minimum Gasteiger partial charge on any atom is -0.488 e. The van der Waals surface area contributed by atoms with Crippen molar-refractivity contribution in [2.75, 3.05) is 63.5 Å². The molecule has 194 valence electrons. The van der Waals surface area contributed by atoms with E-state index >= 15 is 0 Å². The van der Waals surface area contributed by atoms with Gasteiger partial charge >= 0.3 is 7.12 Å². The minimum absolute atomic E-state index is 0.297. The standard InChI is InChI=1S/C12H17BN2O4.C12H15IN2O2/c1-18-6-8-4-9-7-19-11-10(13(16)17)2-3-14-12(11)15(9)5-8;1-16-6-8-4-9-7-17-11-10(13)2-3-14-12(11)15(9)5-8/h2-3,8-9,16-17H,4-7H2,1H3;2-3,8-9H,4-7H2,1H3/t2*8-,9-/m00/s1. The highest BCUT2D eigenvalue weighted by atomic mass is 127. The lowest BCUT2D eigenvalue weighted by Crippen LogP contribution is -2.43. The van der Waals surface area contributed by atoms with Gasteiger partial charge in [-0.05, 0) is 47.6 Å². The normalized spacial score (nSPS) is 25.5. The fourth-order valence-corrected chi connectivity index (χ4v) is 6.25. The van der Waals surface area contributed by atoms with E-state index in [0.29, 0.717) is 47.6 Å². The predicted molar refractivity (Wildman–Crippen MR) is 144 cm³/mol. The van der Waals surface area contributed by atoms with E-state index in [1.807, 2.05) is 12.3 Å². The van der Waals surface area contributed by atoms with Crippen molar-refractivity contribution < 1.29 is 29.0 Å². The predicted octanol–water partition coefficient (Wildman–Crippen LogP) is 0.915. The van der Waals surface area contributed by atoms with Crippen molar-refractivity contribution in [1.29, 1.82) is 0 Å². The van der Waals surface area contributed by atoms with Gasteiger partial charge in [0, 0.05) is 57.0 Å². The third-order valence-electron chi connectivity index (χ3n) is 7.22. The van der Waals surface area contributed by atoms with Crippen LogP contribution in [0.25, 0.3) is 0 Å². The molecule has 2 fully saturated rings. The summed E-state index contributed by atoms with van der Waals surface area (Å²) in [7, 11) is 1.94.